The van der Waals surface area contributed by atoms with Gasteiger partial charge in [-0.05, 0) is 34.3 Å². The summed E-state index contributed by atoms with van der Waals surface area (Å²) < 4.78 is 0.997. The van der Waals surface area contributed by atoms with Gasteiger partial charge in [0.15, 0.2) is 5.65 Å². The van der Waals surface area contributed by atoms with Gasteiger partial charge >= 0.3 is 0 Å². The summed E-state index contributed by atoms with van der Waals surface area (Å²) >= 11 is 3.41. The van der Waals surface area contributed by atoms with E-state index in [-0.39, 0.29) is 0 Å². The zero-order valence-corrected chi connectivity index (χ0v) is 9.80. The van der Waals surface area contributed by atoms with Crippen molar-refractivity contribution < 1.29 is 0 Å². The van der Waals surface area contributed by atoms with Crippen molar-refractivity contribution in [2.75, 3.05) is 0 Å². The van der Waals surface area contributed by atoms with E-state index < -0.39 is 0 Å². The number of nitrogens with one attached hydrogen (secondary N) is 1. The van der Waals surface area contributed by atoms with Crippen LogP contribution in [0.1, 0.15) is 19.5 Å². The molecule has 0 fully saturated rings. The quantitative estimate of drug-likeness (QED) is 0.895. The van der Waals surface area contributed by atoms with Gasteiger partial charge in [-0.1, -0.05) is 13.8 Å². The van der Waals surface area contributed by atoms with Crippen molar-refractivity contribution >= 4 is 27.0 Å². The van der Waals surface area contributed by atoms with E-state index in [9.17, 15) is 0 Å². The second-order valence-corrected chi connectivity index (χ2v) is 4.74. The zero-order valence-electron chi connectivity index (χ0n) is 8.21. The first-order valence-electron chi connectivity index (χ1n) is 4.65. The fourth-order valence-corrected chi connectivity index (χ4v) is 1.82. The summed E-state index contributed by atoms with van der Waals surface area (Å²) in [6.45, 7) is 4.39. The molecule has 0 bridgehead atoms. The monoisotopic (exact) mass is 253 g/mol. The minimum absolute atomic E-state index is 0.623. The summed E-state index contributed by atoms with van der Waals surface area (Å²) in [5.41, 5.74) is 1.97. The Morgan fingerprint density at radius 3 is 3.00 bits per heavy atom. The molecule has 0 aliphatic rings. The lowest BCUT2D eigenvalue weighted by molar-refractivity contribution is 0.636. The van der Waals surface area contributed by atoms with Crippen molar-refractivity contribution in [2.24, 2.45) is 5.92 Å². The van der Waals surface area contributed by atoms with Gasteiger partial charge in [-0.3, -0.25) is 5.10 Å². The molecule has 1 N–H and O–H groups in total. The van der Waals surface area contributed by atoms with Crippen LogP contribution in [0.15, 0.2) is 16.7 Å². The molecule has 14 heavy (non-hydrogen) atoms. The summed E-state index contributed by atoms with van der Waals surface area (Å²) in [5, 5.41) is 8.31. The molecule has 0 unspecified atom stereocenters. The van der Waals surface area contributed by atoms with Gasteiger partial charge in [-0.15, -0.1) is 0 Å². The number of hydrogen-bond acceptors (Lipinski definition) is 2. The number of rotatable bonds is 2. The number of aromatic amines is 1. The highest BCUT2D eigenvalue weighted by Gasteiger charge is 2.07. The normalized spacial score (nSPS) is 11.4. The Morgan fingerprint density at radius 2 is 2.29 bits per heavy atom. The molecule has 2 aromatic rings. The molecule has 0 spiro atoms. The average molecular weight is 254 g/mol. The smallest absolute Gasteiger partial charge is 0.181 e. The van der Waals surface area contributed by atoms with Crippen molar-refractivity contribution in [2.45, 2.75) is 20.3 Å². The van der Waals surface area contributed by atoms with Crippen molar-refractivity contribution in [1.82, 2.24) is 15.2 Å². The Kier molecular flexibility index (Phi) is 2.54. The van der Waals surface area contributed by atoms with Crippen LogP contribution in [0.5, 0.6) is 0 Å². The molecule has 4 heteroatoms. The molecule has 2 heterocycles. The van der Waals surface area contributed by atoms with Crippen molar-refractivity contribution in [3.8, 4) is 0 Å². The van der Waals surface area contributed by atoms with Crippen molar-refractivity contribution in [1.29, 1.82) is 0 Å². The number of aromatic nitrogens is 3. The van der Waals surface area contributed by atoms with E-state index >= 15 is 0 Å². The van der Waals surface area contributed by atoms with E-state index in [0.717, 1.165) is 21.9 Å². The number of pyridine rings is 1. The topological polar surface area (TPSA) is 41.6 Å². The molecule has 0 aliphatic carbocycles. The Labute approximate surface area is 91.1 Å². The van der Waals surface area contributed by atoms with Crippen LogP contribution < -0.4 is 0 Å². The molecule has 0 saturated carbocycles. The van der Waals surface area contributed by atoms with Crippen LogP contribution in [0.3, 0.4) is 0 Å². The fraction of sp³-hybridized carbons (Fsp3) is 0.400. The van der Waals surface area contributed by atoms with Crippen molar-refractivity contribution in [3.05, 3.63) is 22.4 Å². The first kappa shape index (κ1) is 9.65. The summed E-state index contributed by atoms with van der Waals surface area (Å²) in [6, 6.07) is 2.06. The Bertz CT molecular complexity index is 448. The van der Waals surface area contributed by atoms with E-state index in [2.05, 4.69) is 51.0 Å². The van der Waals surface area contributed by atoms with E-state index in [1.54, 1.807) is 6.20 Å². The molecular formula is C10H12BrN3. The highest BCUT2D eigenvalue weighted by atomic mass is 79.9. The summed E-state index contributed by atoms with van der Waals surface area (Å²) in [5.74, 6) is 0.623. The lowest BCUT2D eigenvalue weighted by Crippen LogP contribution is -1.94. The van der Waals surface area contributed by atoms with Crippen LogP contribution >= 0.6 is 15.9 Å². The lowest BCUT2D eigenvalue weighted by Gasteiger charge is -2.01. The number of H-pyrrole nitrogens is 1. The molecule has 0 atom stereocenters. The maximum absolute atomic E-state index is 4.22. The van der Waals surface area contributed by atoms with Crippen LogP contribution in [0.25, 0.3) is 11.0 Å². The van der Waals surface area contributed by atoms with Crippen LogP contribution in [0.2, 0.25) is 0 Å². The van der Waals surface area contributed by atoms with Crippen LogP contribution in [0, 0.1) is 5.92 Å². The first-order valence-corrected chi connectivity index (χ1v) is 5.44. The summed E-state index contributed by atoms with van der Waals surface area (Å²) in [6.07, 6.45) is 2.77. The molecule has 0 radical (unpaired) electrons. The van der Waals surface area contributed by atoms with Gasteiger partial charge in [-0.25, -0.2) is 4.98 Å². The Balaban J connectivity index is 2.50. The minimum Gasteiger partial charge on any atom is -0.280 e. The number of nitrogens with zero attached hydrogens (tertiary/aromatic N) is 2. The molecule has 2 rings (SSSR count). The molecule has 0 aromatic carbocycles. The third kappa shape index (κ3) is 1.80. The fourth-order valence-electron chi connectivity index (χ4n) is 1.49. The maximum Gasteiger partial charge on any atom is 0.181 e. The van der Waals surface area contributed by atoms with E-state index in [4.69, 9.17) is 0 Å². The van der Waals surface area contributed by atoms with E-state index in [0.29, 0.717) is 5.92 Å². The second-order valence-electron chi connectivity index (χ2n) is 3.82. The van der Waals surface area contributed by atoms with E-state index in [1.165, 1.54) is 5.69 Å². The highest BCUT2D eigenvalue weighted by molar-refractivity contribution is 9.10. The van der Waals surface area contributed by atoms with Crippen molar-refractivity contribution in [3.63, 3.8) is 0 Å². The molecular weight excluding hydrogens is 242 g/mol. The average Bonchev–Trinajstić information content (AvgIpc) is 2.47. The molecule has 0 aliphatic heterocycles. The van der Waals surface area contributed by atoms with Gasteiger partial charge in [0.25, 0.3) is 0 Å². The molecule has 2 aromatic heterocycles. The van der Waals surface area contributed by atoms with E-state index in [1.807, 2.05) is 0 Å². The first-order chi connectivity index (χ1) is 6.66. The predicted molar refractivity (Wildman–Crippen MR) is 60.1 cm³/mol. The molecule has 3 nitrogen and oxygen atoms in total. The zero-order chi connectivity index (χ0) is 10.1. The predicted octanol–water partition coefficient (Wildman–Crippen LogP) is 2.92. The van der Waals surface area contributed by atoms with Crippen LogP contribution in [0.4, 0.5) is 0 Å². The number of halogens is 1. The minimum atomic E-state index is 0.623. The Morgan fingerprint density at radius 1 is 1.50 bits per heavy atom. The standard InChI is InChI=1S/C10H12BrN3/c1-6(2)3-9-8-4-7(11)5-12-10(8)14-13-9/h4-6H,3H2,1-2H3,(H,12,13,14). The molecule has 0 saturated heterocycles. The van der Waals surface area contributed by atoms with Crippen LogP contribution in [-0.2, 0) is 6.42 Å². The van der Waals surface area contributed by atoms with Gasteiger partial charge in [0.2, 0.25) is 0 Å². The summed E-state index contributed by atoms with van der Waals surface area (Å²) in [7, 11) is 0. The summed E-state index contributed by atoms with van der Waals surface area (Å²) in [4.78, 5) is 4.22. The highest BCUT2D eigenvalue weighted by Crippen LogP contribution is 2.20. The van der Waals surface area contributed by atoms with Gasteiger partial charge in [0.05, 0.1) is 0 Å². The van der Waals surface area contributed by atoms with Crippen LogP contribution in [-0.4, -0.2) is 15.2 Å². The van der Waals surface area contributed by atoms with Gasteiger partial charge in [-0.2, -0.15) is 5.10 Å². The lowest BCUT2D eigenvalue weighted by atomic mass is 10.1. The third-order valence-electron chi connectivity index (χ3n) is 2.07. The largest absolute Gasteiger partial charge is 0.280 e. The van der Waals surface area contributed by atoms with Gasteiger partial charge in [0.1, 0.15) is 0 Å². The number of fused-ring (bicyclic) bond motifs is 1. The van der Waals surface area contributed by atoms with Gasteiger partial charge in [0, 0.05) is 21.7 Å². The van der Waals surface area contributed by atoms with Gasteiger partial charge < -0.3 is 0 Å². The molecule has 0 amide bonds. The Hall–Kier alpha value is -0.900. The molecule has 74 valence electrons. The third-order valence-corrected chi connectivity index (χ3v) is 2.50. The number of hydrogen-bond donors (Lipinski definition) is 1. The maximum atomic E-state index is 4.22. The second kappa shape index (κ2) is 3.69. The SMILES string of the molecule is CC(C)Cc1[nH]nc2ncc(Br)cc12.